The lowest BCUT2D eigenvalue weighted by molar-refractivity contribution is 0.0591. The van der Waals surface area contributed by atoms with Gasteiger partial charge in [-0.3, -0.25) is 0 Å². The van der Waals surface area contributed by atoms with Crippen molar-refractivity contribution in [3.63, 3.8) is 0 Å². The largest absolute Gasteiger partial charge is 0.494 e. The van der Waals surface area contributed by atoms with Gasteiger partial charge in [-0.05, 0) is 99.6 Å². The Bertz CT molecular complexity index is 894. The second kappa shape index (κ2) is 14.9. The van der Waals surface area contributed by atoms with Gasteiger partial charge in [-0.2, -0.15) is 0 Å². The first kappa shape index (κ1) is 30.6. The van der Waals surface area contributed by atoms with E-state index in [0.717, 1.165) is 49.3 Å². The lowest BCUT2D eigenvalue weighted by Crippen LogP contribution is -2.44. The number of hydrogen-bond acceptors (Lipinski definition) is 7. The van der Waals surface area contributed by atoms with E-state index in [1.165, 1.54) is 14.2 Å². The van der Waals surface area contributed by atoms with Gasteiger partial charge in [0, 0.05) is 0 Å². The van der Waals surface area contributed by atoms with E-state index in [1.807, 2.05) is 0 Å². The van der Waals surface area contributed by atoms with E-state index in [9.17, 15) is 9.59 Å². The van der Waals surface area contributed by atoms with Crippen molar-refractivity contribution < 1.29 is 32.7 Å². The molecule has 0 aliphatic carbocycles. The highest BCUT2D eigenvalue weighted by Gasteiger charge is 2.32. The summed E-state index contributed by atoms with van der Waals surface area (Å²) in [6, 6.07) is 16.3. The summed E-state index contributed by atoms with van der Waals surface area (Å²) in [4.78, 5) is 23.0. The van der Waals surface area contributed by atoms with Crippen LogP contribution < -0.4 is 9.47 Å². The smallest absolute Gasteiger partial charge is 0.337 e. The zero-order chi connectivity index (χ0) is 27.3. The van der Waals surface area contributed by atoms with Crippen LogP contribution in [0.5, 0.6) is 11.5 Å². The molecule has 0 spiro atoms. The average Bonchev–Trinajstić information content (AvgIpc) is 2.87. The van der Waals surface area contributed by atoms with Crippen LogP contribution in [-0.2, 0) is 13.6 Å². The van der Waals surface area contributed by atoms with Gasteiger partial charge in [0.05, 0.1) is 38.6 Å². The highest BCUT2D eigenvalue weighted by atomic mass is 28.4. The Kier molecular flexibility index (Phi) is 12.4. The van der Waals surface area contributed by atoms with Gasteiger partial charge in [-0.15, -0.1) is 0 Å². The molecule has 0 aliphatic heterocycles. The van der Waals surface area contributed by atoms with Crippen LogP contribution in [0, 0.1) is 0 Å². The molecule has 37 heavy (non-hydrogen) atoms. The number of ether oxygens (including phenoxy) is 4. The van der Waals surface area contributed by atoms with Gasteiger partial charge in [-0.25, -0.2) is 9.59 Å². The van der Waals surface area contributed by atoms with Gasteiger partial charge in [-0.1, -0.05) is 12.8 Å². The molecule has 0 heterocycles. The first-order valence-electron chi connectivity index (χ1n) is 12.9. The predicted molar refractivity (Wildman–Crippen MR) is 151 cm³/mol. The Hall–Kier alpha value is -2.63. The third-order valence-electron chi connectivity index (χ3n) is 5.99. The van der Waals surface area contributed by atoms with Crippen LogP contribution >= 0.6 is 0 Å². The lowest BCUT2D eigenvalue weighted by Gasteiger charge is -2.34. The monoisotopic (exact) mass is 546 g/mol. The van der Waals surface area contributed by atoms with Crippen molar-refractivity contribution in [1.82, 2.24) is 0 Å². The van der Waals surface area contributed by atoms with E-state index in [-0.39, 0.29) is 11.9 Å². The van der Waals surface area contributed by atoms with Gasteiger partial charge in [0.15, 0.2) is 16.6 Å². The summed E-state index contributed by atoms with van der Waals surface area (Å²) >= 11 is 0. The second-order valence-corrected chi connectivity index (χ2v) is 19.1. The third-order valence-corrected chi connectivity index (χ3v) is 13.5. The molecule has 7 nitrogen and oxygen atoms in total. The molecule has 0 unspecified atom stereocenters. The van der Waals surface area contributed by atoms with Gasteiger partial charge in [0.25, 0.3) is 0 Å². The van der Waals surface area contributed by atoms with Crippen LogP contribution in [0.1, 0.15) is 46.4 Å². The van der Waals surface area contributed by atoms with Gasteiger partial charge >= 0.3 is 11.9 Å². The molecule has 0 radical (unpaired) electrons. The van der Waals surface area contributed by atoms with Crippen LogP contribution in [-0.4, -0.2) is 56.0 Å². The topological polar surface area (TPSA) is 80.3 Å². The summed E-state index contributed by atoms with van der Waals surface area (Å²) in [5, 5.41) is 0. The molecule has 0 aromatic heterocycles. The molecule has 0 atom stereocenters. The van der Waals surface area contributed by atoms with Crippen molar-refractivity contribution in [2.75, 3.05) is 27.4 Å². The van der Waals surface area contributed by atoms with E-state index in [4.69, 9.17) is 23.1 Å². The SMILES string of the molecule is COC(=O)c1ccc(OCCCC[Si](C)(C)O[Si](C)(C)CCCCOc2ccc(C(=O)OC)cc2)cc1. The molecule has 0 amide bonds. The van der Waals surface area contributed by atoms with Gasteiger partial charge < -0.3 is 23.1 Å². The van der Waals surface area contributed by atoms with Gasteiger partial charge in [0.2, 0.25) is 0 Å². The highest BCUT2D eigenvalue weighted by molar-refractivity contribution is 6.84. The highest BCUT2D eigenvalue weighted by Crippen LogP contribution is 2.25. The van der Waals surface area contributed by atoms with Crippen molar-refractivity contribution in [2.24, 2.45) is 0 Å². The van der Waals surface area contributed by atoms with Crippen LogP contribution in [0.25, 0.3) is 0 Å². The number of methoxy groups -OCH3 is 2. The third kappa shape index (κ3) is 11.5. The molecule has 0 fully saturated rings. The Morgan fingerprint density at radius 2 is 0.946 bits per heavy atom. The lowest BCUT2D eigenvalue weighted by atomic mass is 10.2. The standard InChI is InChI=1S/C28H42O7Si2/c1-31-27(29)23-11-15-25(16-12-23)33-19-7-9-21-36(3,4)35-37(5,6)22-10-8-20-34-26-17-13-24(14-18-26)28(30)32-2/h11-18H,7-10,19-22H2,1-6H3. The molecule has 9 heteroatoms. The molecule has 0 saturated heterocycles. The number of rotatable bonds is 16. The summed E-state index contributed by atoms with van der Waals surface area (Å²) < 4.78 is 27.8. The van der Waals surface area contributed by atoms with Gasteiger partial charge in [0.1, 0.15) is 11.5 Å². The fourth-order valence-corrected chi connectivity index (χ4v) is 13.1. The van der Waals surface area contributed by atoms with E-state index in [2.05, 4.69) is 26.2 Å². The van der Waals surface area contributed by atoms with Crippen LogP contribution in [0.2, 0.25) is 38.3 Å². The first-order chi connectivity index (χ1) is 17.5. The summed E-state index contributed by atoms with van der Waals surface area (Å²) in [6.45, 7) is 10.6. The van der Waals surface area contributed by atoms with Crippen molar-refractivity contribution in [1.29, 1.82) is 0 Å². The minimum absolute atomic E-state index is 0.345. The minimum atomic E-state index is -1.75. The fraction of sp³-hybridized carbons (Fsp3) is 0.500. The zero-order valence-electron chi connectivity index (χ0n) is 23.1. The molecule has 2 rings (SSSR count). The van der Waals surface area contributed by atoms with E-state index >= 15 is 0 Å². The van der Waals surface area contributed by atoms with Crippen molar-refractivity contribution in [3.05, 3.63) is 59.7 Å². The summed E-state index contributed by atoms with van der Waals surface area (Å²) in [5.41, 5.74) is 1.04. The van der Waals surface area contributed by atoms with Crippen molar-refractivity contribution in [3.8, 4) is 11.5 Å². The number of hydrogen-bond donors (Lipinski definition) is 0. The minimum Gasteiger partial charge on any atom is -0.494 e. The Morgan fingerprint density at radius 3 is 1.27 bits per heavy atom. The van der Waals surface area contributed by atoms with Crippen molar-refractivity contribution >= 4 is 28.6 Å². The Labute approximate surface area is 223 Å². The maximum Gasteiger partial charge on any atom is 0.337 e. The average molecular weight is 547 g/mol. The zero-order valence-corrected chi connectivity index (χ0v) is 25.1. The molecule has 0 saturated carbocycles. The quantitative estimate of drug-likeness (QED) is 0.132. The molecule has 0 aliphatic rings. The van der Waals surface area contributed by atoms with E-state index in [0.29, 0.717) is 24.3 Å². The Balaban J connectivity index is 1.61. The number of esters is 2. The first-order valence-corrected chi connectivity index (χ1v) is 19.1. The Morgan fingerprint density at radius 1 is 0.595 bits per heavy atom. The van der Waals surface area contributed by atoms with E-state index in [1.54, 1.807) is 48.5 Å². The van der Waals surface area contributed by atoms with Crippen LogP contribution in [0.4, 0.5) is 0 Å². The van der Waals surface area contributed by atoms with E-state index < -0.39 is 16.6 Å². The summed E-state index contributed by atoms with van der Waals surface area (Å²) in [6.07, 6.45) is 4.09. The molecule has 2 aromatic carbocycles. The molecule has 2 aromatic rings. The maximum absolute atomic E-state index is 11.5. The maximum atomic E-state index is 11.5. The number of carbonyl (C=O) groups is 2. The number of unbranched alkanes of at least 4 members (excludes halogenated alkanes) is 2. The van der Waals surface area contributed by atoms with Crippen LogP contribution in [0.3, 0.4) is 0 Å². The summed E-state index contributed by atoms with van der Waals surface area (Å²) in [5.74, 6) is 0.831. The van der Waals surface area contributed by atoms with Crippen molar-refractivity contribution in [2.45, 2.75) is 64.0 Å². The van der Waals surface area contributed by atoms with Crippen LogP contribution in [0.15, 0.2) is 48.5 Å². The molecular formula is C28H42O7Si2. The summed E-state index contributed by atoms with van der Waals surface area (Å²) in [7, 11) is -0.744. The fourth-order valence-electron chi connectivity index (χ4n) is 4.15. The molecule has 0 bridgehead atoms. The molecule has 0 N–H and O–H groups in total. The molecule has 204 valence electrons. The normalized spacial score (nSPS) is 11.6. The number of benzene rings is 2. The number of carbonyl (C=O) groups excluding carboxylic acids is 2. The predicted octanol–water partition coefficient (Wildman–Crippen LogP) is 6.70. The second-order valence-electron chi connectivity index (χ2n) is 10.3. The molecular weight excluding hydrogens is 504 g/mol.